The lowest BCUT2D eigenvalue weighted by Crippen LogP contribution is -2.38. The van der Waals surface area contributed by atoms with Crippen LogP contribution in [0, 0.1) is 5.92 Å². The second-order valence-corrected chi connectivity index (χ2v) is 8.00. The van der Waals surface area contributed by atoms with Crippen LogP contribution in [-0.2, 0) is 0 Å². The predicted molar refractivity (Wildman–Crippen MR) is 115 cm³/mol. The Morgan fingerprint density at radius 3 is 2.52 bits per heavy atom. The van der Waals surface area contributed by atoms with Crippen LogP contribution in [0.15, 0.2) is 36.5 Å². The monoisotopic (exact) mass is 397 g/mol. The molecule has 2 aromatic rings. The number of nitrogens with one attached hydrogen (secondary N) is 1. The summed E-state index contributed by atoms with van der Waals surface area (Å²) in [6, 6.07) is 9.46. The van der Waals surface area contributed by atoms with Crippen molar-refractivity contribution in [3.8, 4) is 16.9 Å². The van der Waals surface area contributed by atoms with Crippen LogP contribution in [0.25, 0.3) is 11.1 Å². The van der Waals surface area contributed by atoms with Gasteiger partial charge in [-0.15, -0.1) is 0 Å². The van der Waals surface area contributed by atoms with Gasteiger partial charge in [-0.1, -0.05) is 26.0 Å². The molecule has 1 saturated heterocycles. The number of hydrogen-bond acceptors (Lipinski definition) is 5. The number of benzene rings is 1. The van der Waals surface area contributed by atoms with Crippen LogP contribution in [0.4, 0.5) is 5.82 Å². The van der Waals surface area contributed by atoms with Crippen molar-refractivity contribution in [1.29, 1.82) is 0 Å². The molecule has 3 rings (SSSR count). The average Bonchev–Trinajstić information content (AvgIpc) is 3.27. The first-order valence-corrected chi connectivity index (χ1v) is 10.3. The number of anilines is 1. The Kier molecular flexibility index (Phi) is 7.09. The minimum Gasteiger partial charge on any atom is -0.497 e. The Bertz CT molecular complexity index is 815. The third-order valence-electron chi connectivity index (χ3n) is 5.25. The zero-order valence-corrected chi connectivity index (χ0v) is 17.5. The van der Waals surface area contributed by atoms with Crippen LogP contribution in [0.2, 0.25) is 0 Å². The SMILES string of the molecule is COc1ccc(-c2cc(C(=O)N[C@@H](CO)CC(C)C)cnc2N2CCCC2)cc1. The molecule has 1 aliphatic heterocycles. The Morgan fingerprint density at radius 1 is 1.24 bits per heavy atom. The molecule has 29 heavy (non-hydrogen) atoms. The second-order valence-electron chi connectivity index (χ2n) is 8.00. The molecule has 0 spiro atoms. The molecular weight excluding hydrogens is 366 g/mol. The van der Waals surface area contributed by atoms with Crippen molar-refractivity contribution in [2.24, 2.45) is 5.92 Å². The van der Waals surface area contributed by atoms with Gasteiger partial charge < -0.3 is 20.1 Å². The van der Waals surface area contributed by atoms with Gasteiger partial charge in [0.15, 0.2) is 0 Å². The summed E-state index contributed by atoms with van der Waals surface area (Å²) in [5, 5.41) is 12.5. The number of nitrogens with zero attached hydrogens (tertiary/aromatic N) is 2. The maximum Gasteiger partial charge on any atom is 0.253 e. The van der Waals surface area contributed by atoms with Gasteiger partial charge in [0, 0.05) is 24.8 Å². The zero-order chi connectivity index (χ0) is 20.8. The number of aromatic nitrogens is 1. The Labute approximate surface area is 172 Å². The minimum absolute atomic E-state index is 0.0749. The Hall–Kier alpha value is -2.60. The highest BCUT2D eigenvalue weighted by molar-refractivity contribution is 5.96. The minimum atomic E-state index is -0.259. The standard InChI is InChI=1S/C23H31N3O3/c1-16(2)12-19(15-27)25-23(28)18-13-21(17-6-8-20(29-3)9-7-17)22(24-14-18)26-10-4-5-11-26/h6-9,13-14,16,19,27H,4-5,10-12,15H2,1-3H3,(H,25,28)/t19-/m1/s1. The Morgan fingerprint density at radius 2 is 1.93 bits per heavy atom. The number of amides is 1. The highest BCUT2D eigenvalue weighted by Gasteiger charge is 2.21. The first kappa shape index (κ1) is 21.1. The molecule has 0 saturated carbocycles. The first-order valence-electron chi connectivity index (χ1n) is 10.3. The number of ether oxygens (including phenoxy) is 1. The second kappa shape index (κ2) is 9.74. The van der Waals surface area contributed by atoms with Gasteiger partial charge in [0.1, 0.15) is 11.6 Å². The molecule has 1 amide bonds. The third kappa shape index (κ3) is 5.26. The lowest BCUT2D eigenvalue weighted by molar-refractivity contribution is 0.0908. The highest BCUT2D eigenvalue weighted by Crippen LogP contribution is 2.33. The third-order valence-corrected chi connectivity index (χ3v) is 5.25. The predicted octanol–water partition coefficient (Wildman–Crippen LogP) is 3.49. The summed E-state index contributed by atoms with van der Waals surface area (Å²) in [5.74, 6) is 1.88. The van der Waals surface area contributed by atoms with E-state index in [2.05, 4.69) is 29.0 Å². The molecule has 6 heteroatoms. The summed E-state index contributed by atoms with van der Waals surface area (Å²) in [5.41, 5.74) is 2.43. The zero-order valence-electron chi connectivity index (χ0n) is 17.5. The average molecular weight is 398 g/mol. The van der Waals surface area contributed by atoms with Crippen molar-refractivity contribution in [3.63, 3.8) is 0 Å². The number of aliphatic hydroxyl groups excluding tert-OH is 1. The summed E-state index contributed by atoms with van der Waals surface area (Å²) < 4.78 is 5.27. The molecule has 1 aromatic heterocycles. The normalized spacial score (nSPS) is 14.9. The summed E-state index contributed by atoms with van der Waals surface area (Å²) in [6.45, 7) is 6.02. The van der Waals surface area contributed by atoms with E-state index < -0.39 is 0 Å². The van der Waals surface area contributed by atoms with Gasteiger partial charge in [-0.3, -0.25) is 4.79 Å². The number of aliphatic hydroxyl groups is 1. The van der Waals surface area contributed by atoms with Crippen molar-refractivity contribution >= 4 is 11.7 Å². The molecule has 0 unspecified atom stereocenters. The molecule has 1 aliphatic rings. The van der Waals surface area contributed by atoms with Crippen molar-refractivity contribution in [3.05, 3.63) is 42.1 Å². The number of pyridine rings is 1. The lowest BCUT2D eigenvalue weighted by atomic mass is 10.0. The van der Waals surface area contributed by atoms with Crippen molar-refractivity contribution in [2.75, 3.05) is 31.7 Å². The van der Waals surface area contributed by atoms with E-state index in [-0.39, 0.29) is 18.6 Å². The van der Waals surface area contributed by atoms with E-state index >= 15 is 0 Å². The summed E-state index contributed by atoms with van der Waals surface area (Å²) in [7, 11) is 1.64. The van der Waals surface area contributed by atoms with Crippen LogP contribution in [0.1, 0.15) is 43.5 Å². The quantitative estimate of drug-likeness (QED) is 0.713. The molecule has 2 heterocycles. The fourth-order valence-corrected chi connectivity index (χ4v) is 3.76. The largest absolute Gasteiger partial charge is 0.497 e. The van der Waals surface area contributed by atoms with E-state index in [9.17, 15) is 9.90 Å². The molecule has 1 fully saturated rings. The fraction of sp³-hybridized carbons (Fsp3) is 0.478. The van der Waals surface area contributed by atoms with Gasteiger partial charge in [-0.2, -0.15) is 0 Å². The van der Waals surface area contributed by atoms with Crippen molar-refractivity contribution in [2.45, 2.75) is 39.2 Å². The van der Waals surface area contributed by atoms with Gasteiger partial charge in [0.2, 0.25) is 0 Å². The van der Waals surface area contributed by atoms with Crippen molar-refractivity contribution < 1.29 is 14.6 Å². The van der Waals surface area contributed by atoms with Gasteiger partial charge in [0.25, 0.3) is 5.91 Å². The Balaban J connectivity index is 1.92. The molecule has 1 atom stereocenters. The van der Waals surface area contributed by atoms with E-state index in [1.807, 2.05) is 30.3 Å². The van der Waals surface area contributed by atoms with Gasteiger partial charge >= 0.3 is 0 Å². The number of carbonyl (C=O) groups excluding carboxylic acids is 1. The molecule has 1 aromatic carbocycles. The van der Waals surface area contributed by atoms with Gasteiger partial charge in [-0.25, -0.2) is 4.98 Å². The lowest BCUT2D eigenvalue weighted by Gasteiger charge is -2.22. The number of carbonyl (C=O) groups is 1. The highest BCUT2D eigenvalue weighted by atomic mass is 16.5. The molecule has 2 N–H and O–H groups in total. The van der Waals surface area contributed by atoms with Crippen LogP contribution in [0.3, 0.4) is 0 Å². The van der Waals surface area contributed by atoms with E-state index in [1.165, 1.54) is 0 Å². The van der Waals surface area contributed by atoms with Crippen LogP contribution in [-0.4, -0.2) is 48.8 Å². The first-order chi connectivity index (χ1) is 14.0. The van der Waals surface area contributed by atoms with Crippen LogP contribution < -0.4 is 15.0 Å². The van der Waals surface area contributed by atoms with E-state index in [4.69, 9.17) is 4.74 Å². The van der Waals surface area contributed by atoms with Gasteiger partial charge in [0.05, 0.1) is 25.3 Å². The molecule has 0 radical (unpaired) electrons. The number of rotatable bonds is 8. The number of methoxy groups -OCH3 is 1. The fourth-order valence-electron chi connectivity index (χ4n) is 3.76. The van der Waals surface area contributed by atoms with E-state index in [0.717, 1.165) is 55.0 Å². The summed E-state index contributed by atoms with van der Waals surface area (Å²) in [4.78, 5) is 19.8. The molecule has 156 valence electrons. The maximum absolute atomic E-state index is 12.8. The van der Waals surface area contributed by atoms with Crippen molar-refractivity contribution in [1.82, 2.24) is 10.3 Å². The number of hydrogen-bond donors (Lipinski definition) is 2. The molecule has 0 bridgehead atoms. The van der Waals surface area contributed by atoms with Crippen LogP contribution in [0.5, 0.6) is 5.75 Å². The summed E-state index contributed by atoms with van der Waals surface area (Å²) in [6.07, 6.45) is 4.67. The van der Waals surface area contributed by atoms with E-state index in [0.29, 0.717) is 11.5 Å². The molecule has 6 nitrogen and oxygen atoms in total. The summed E-state index contributed by atoms with van der Waals surface area (Å²) >= 11 is 0. The smallest absolute Gasteiger partial charge is 0.253 e. The topological polar surface area (TPSA) is 74.7 Å². The maximum atomic E-state index is 12.8. The molecular formula is C23H31N3O3. The molecule has 0 aliphatic carbocycles. The van der Waals surface area contributed by atoms with Gasteiger partial charge in [-0.05, 0) is 48.9 Å². The van der Waals surface area contributed by atoms with Crippen LogP contribution >= 0.6 is 0 Å². The van der Waals surface area contributed by atoms with E-state index in [1.54, 1.807) is 13.3 Å².